The zero-order valence-corrected chi connectivity index (χ0v) is 17.2. The molecule has 0 radical (unpaired) electrons. The van der Waals surface area contributed by atoms with Crippen LogP contribution in [0.5, 0.6) is 0 Å². The minimum absolute atomic E-state index is 0.201. The van der Waals surface area contributed by atoms with Crippen molar-refractivity contribution < 1.29 is 23.9 Å². The van der Waals surface area contributed by atoms with Crippen LogP contribution in [0.25, 0.3) is 0 Å². The number of rotatable bonds is 6. The third-order valence-corrected chi connectivity index (χ3v) is 6.68. The minimum atomic E-state index is -0.607. The van der Waals surface area contributed by atoms with E-state index in [0.717, 1.165) is 35.5 Å². The summed E-state index contributed by atoms with van der Waals surface area (Å²) in [7, 11) is 0. The Kier molecular flexibility index (Phi) is 6.17. The van der Waals surface area contributed by atoms with Crippen molar-refractivity contribution in [2.45, 2.75) is 58.8 Å². The first-order valence-electron chi connectivity index (χ1n) is 9.84. The Hall–Kier alpha value is -2.22. The van der Waals surface area contributed by atoms with Crippen LogP contribution in [-0.4, -0.2) is 41.7 Å². The van der Waals surface area contributed by atoms with Gasteiger partial charge in [0.05, 0.1) is 17.6 Å². The molecule has 2 aliphatic rings. The predicted octanol–water partition coefficient (Wildman–Crippen LogP) is 3.14. The lowest BCUT2D eigenvalue weighted by Gasteiger charge is -2.30. The third-order valence-electron chi connectivity index (χ3n) is 5.48. The molecule has 1 spiro atoms. The zero-order valence-electron chi connectivity index (χ0n) is 16.3. The maximum Gasteiger partial charge on any atom is 0.341 e. The molecule has 28 heavy (non-hydrogen) atoms. The second kappa shape index (κ2) is 8.43. The highest BCUT2D eigenvalue weighted by molar-refractivity contribution is 7.16. The van der Waals surface area contributed by atoms with E-state index in [1.54, 1.807) is 13.0 Å². The summed E-state index contributed by atoms with van der Waals surface area (Å²) in [6.45, 7) is 3.59. The Morgan fingerprint density at radius 2 is 1.93 bits per heavy atom. The smallest absolute Gasteiger partial charge is 0.341 e. The summed E-state index contributed by atoms with van der Waals surface area (Å²) in [6.07, 6.45) is 5.32. The van der Waals surface area contributed by atoms with Gasteiger partial charge in [0.1, 0.15) is 11.5 Å². The van der Waals surface area contributed by atoms with Crippen molar-refractivity contribution in [3.05, 3.63) is 16.5 Å². The fourth-order valence-corrected chi connectivity index (χ4v) is 5.02. The third kappa shape index (κ3) is 3.97. The van der Waals surface area contributed by atoms with E-state index in [4.69, 9.17) is 4.74 Å². The Bertz CT molecular complexity index is 795. The summed E-state index contributed by atoms with van der Waals surface area (Å²) in [4.78, 5) is 52.0. The number of amides is 3. The monoisotopic (exact) mass is 406 g/mol. The summed E-state index contributed by atoms with van der Waals surface area (Å²) < 4.78 is 5.05. The topological polar surface area (TPSA) is 92.8 Å². The molecule has 0 bridgehead atoms. The number of ether oxygens (including phenoxy) is 1. The second-order valence-corrected chi connectivity index (χ2v) is 8.52. The van der Waals surface area contributed by atoms with Gasteiger partial charge < -0.3 is 10.1 Å². The van der Waals surface area contributed by atoms with Crippen molar-refractivity contribution in [3.63, 3.8) is 0 Å². The maximum absolute atomic E-state index is 12.8. The molecule has 0 atom stereocenters. The van der Waals surface area contributed by atoms with Gasteiger partial charge in [0.25, 0.3) is 0 Å². The highest BCUT2D eigenvalue weighted by atomic mass is 32.1. The van der Waals surface area contributed by atoms with E-state index < -0.39 is 17.3 Å². The van der Waals surface area contributed by atoms with Gasteiger partial charge in [-0.1, -0.05) is 26.2 Å². The van der Waals surface area contributed by atoms with Crippen LogP contribution in [0.15, 0.2) is 6.07 Å². The van der Waals surface area contributed by atoms with Crippen LogP contribution in [0.2, 0.25) is 0 Å². The van der Waals surface area contributed by atoms with Gasteiger partial charge in [0, 0.05) is 11.3 Å². The van der Waals surface area contributed by atoms with Gasteiger partial charge in [0.15, 0.2) is 0 Å². The molecule has 0 unspecified atom stereocenters. The van der Waals surface area contributed by atoms with E-state index in [1.165, 1.54) is 11.3 Å². The summed E-state index contributed by atoms with van der Waals surface area (Å²) in [5.41, 5.74) is -0.302. The maximum atomic E-state index is 12.8. The molecule has 8 heteroatoms. The molecule has 1 aromatic rings. The number of hydrogen-bond acceptors (Lipinski definition) is 6. The number of hydrogen-bond donors (Lipinski definition) is 1. The fraction of sp³-hybridized carbons (Fsp3) is 0.600. The average Bonchev–Trinajstić information content (AvgIpc) is 3.17. The molecule has 1 saturated carbocycles. The van der Waals surface area contributed by atoms with Gasteiger partial charge in [-0.25, -0.2) is 4.79 Å². The van der Waals surface area contributed by atoms with E-state index in [0.29, 0.717) is 23.4 Å². The fourth-order valence-electron chi connectivity index (χ4n) is 4.02. The predicted molar refractivity (Wildman–Crippen MR) is 105 cm³/mol. The number of likely N-dealkylation sites (tertiary alicyclic amines) is 1. The lowest BCUT2D eigenvalue weighted by atomic mass is 9.73. The summed E-state index contributed by atoms with van der Waals surface area (Å²) >= 11 is 1.30. The number of nitrogens with zero attached hydrogens (tertiary/aromatic N) is 1. The highest BCUT2D eigenvalue weighted by Crippen LogP contribution is 2.45. The second-order valence-electron chi connectivity index (χ2n) is 7.38. The Morgan fingerprint density at radius 1 is 1.21 bits per heavy atom. The number of carbonyl (C=O) groups excluding carboxylic acids is 4. The summed E-state index contributed by atoms with van der Waals surface area (Å²) in [5.74, 6) is -1.49. The number of esters is 1. The van der Waals surface area contributed by atoms with Crippen LogP contribution in [0.3, 0.4) is 0 Å². The normalized spacial score (nSPS) is 18.6. The number of anilines is 1. The standard InChI is InChI=1S/C20H26N2O5S/c1-3-13-10-14(18(25)27-4-2)17(28-13)21-15(23)12-22-16(24)11-20(19(22)26)8-6-5-7-9-20/h10H,3-9,11-12H2,1-2H3,(H,21,23). The van der Waals surface area contributed by atoms with E-state index in [1.807, 2.05) is 6.92 Å². The summed E-state index contributed by atoms with van der Waals surface area (Å²) in [6, 6.07) is 1.71. The first-order valence-corrected chi connectivity index (χ1v) is 10.7. The van der Waals surface area contributed by atoms with Crippen molar-refractivity contribution in [2.75, 3.05) is 18.5 Å². The van der Waals surface area contributed by atoms with E-state index >= 15 is 0 Å². The molecule has 2 heterocycles. The van der Waals surface area contributed by atoms with Crippen LogP contribution < -0.4 is 5.32 Å². The van der Waals surface area contributed by atoms with Crippen LogP contribution in [0, 0.1) is 5.41 Å². The zero-order chi connectivity index (χ0) is 20.3. The molecule has 1 N–H and O–H groups in total. The largest absolute Gasteiger partial charge is 0.462 e. The molecule has 1 aliphatic carbocycles. The first kappa shape index (κ1) is 20.5. The Balaban J connectivity index is 1.70. The van der Waals surface area contributed by atoms with E-state index in [-0.39, 0.29) is 31.4 Å². The lowest BCUT2D eigenvalue weighted by Crippen LogP contribution is -2.41. The molecule has 3 amide bonds. The van der Waals surface area contributed by atoms with Crippen LogP contribution >= 0.6 is 11.3 Å². The van der Waals surface area contributed by atoms with Crippen LogP contribution in [0.4, 0.5) is 5.00 Å². The van der Waals surface area contributed by atoms with Gasteiger partial charge in [-0.15, -0.1) is 11.3 Å². The highest BCUT2D eigenvalue weighted by Gasteiger charge is 2.51. The van der Waals surface area contributed by atoms with Crippen molar-refractivity contribution >= 4 is 40.0 Å². The van der Waals surface area contributed by atoms with E-state index in [2.05, 4.69) is 5.32 Å². The number of imide groups is 1. The molecular weight excluding hydrogens is 380 g/mol. The Morgan fingerprint density at radius 3 is 2.57 bits per heavy atom. The van der Waals surface area contributed by atoms with Gasteiger partial charge in [-0.3, -0.25) is 19.3 Å². The number of aryl methyl sites for hydroxylation is 1. The molecule has 7 nitrogen and oxygen atoms in total. The first-order chi connectivity index (χ1) is 13.4. The molecule has 0 aromatic carbocycles. The van der Waals surface area contributed by atoms with Gasteiger partial charge in [-0.05, 0) is 32.3 Å². The number of nitrogens with one attached hydrogen (secondary N) is 1. The van der Waals surface area contributed by atoms with E-state index in [9.17, 15) is 19.2 Å². The molecule has 1 saturated heterocycles. The molecule has 152 valence electrons. The van der Waals surface area contributed by atoms with Gasteiger partial charge in [-0.2, -0.15) is 0 Å². The minimum Gasteiger partial charge on any atom is -0.462 e. The van der Waals surface area contributed by atoms with Crippen molar-refractivity contribution in [3.8, 4) is 0 Å². The average molecular weight is 407 g/mol. The van der Waals surface area contributed by atoms with Crippen molar-refractivity contribution in [2.24, 2.45) is 5.41 Å². The van der Waals surface area contributed by atoms with Gasteiger partial charge >= 0.3 is 5.97 Å². The molecule has 2 fully saturated rings. The summed E-state index contributed by atoms with van der Waals surface area (Å²) in [5, 5.41) is 3.09. The SMILES string of the molecule is CCOC(=O)c1cc(CC)sc1NC(=O)CN1C(=O)CC2(CCCCC2)C1=O. The van der Waals surface area contributed by atoms with Crippen LogP contribution in [0.1, 0.15) is 67.6 Å². The quantitative estimate of drug-likeness (QED) is 0.579. The Labute approximate surface area is 168 Å². The molecular formula is C20H26N2O5S. The van der Waals surface area contributed by atoms with Crippen molar-refractivity contribution in [1.82, 2.24) is 4.90 Å². The molecule has 1 aromatic heterocycles. The number of carbonyl (C=O) groups is 4. The lowest BCUT2D eigenvalue weighted by molar-refractivity contribution is -0.144. The van der Waals surface area contributed by atoms with Gasteiger partial charge in [0.2, 0.25) is 17.7 Å². The number of thiophene rings is 1. The molecule has 3 rings (SSSR count). The molecule has 1 aliphatic heterocycles. The van der Waals surface area contributed by atoms with Crippen molar-refractivity contribution in [1.29, 1.82) is 0 Å². The van der Waals surface area contributed by atoms with Crippen LogP contribution in [-0.2, 0) is 25.5 Å².